The van der Waals surface area contributed by atoms with Gasteiger partial charge in [0.1, 0.15) is 5.75 Å². The second-order valence-electron chi connectivity index (χ2n) is 7.23. The fraction of sp³-hybridized carbons (Fsp3) is 0.714. The van der Waals surface area contributed by atoms with E-state index in [4.69, 9.17) is 6.85 Å². The molecule has 0 saturated heterocycles. The zero-order chi connectivity index (χ0) is 21.4. The van der Waals surface area contributed by atoms with Crippen LogP contribution in [0.1, 0.15) is 102 Å². The van der Waals surface area contributed by atoms with Crippen molar-refractivity contribution < 1.29 is 17.1 Å². The van der Waals surface area contributed by atoms with Gasteiger partial charge in [0.25, 0.3) is 0 Å². The van der Waals surface area contributed by atoms with Gasteiger partial charge in [0.2, 0.25) is 0 Å². The minimum Gasteiger partial charge on any atom is -0.508 e. The Labute approximate surface area is 149 Å². The molecule has 0 bridgehead atoms. The van der Waals surface area contributed by atoms with Crippen LogP contribution in [0.25, 0.3) is 0 Å². The Kier molecular flexibility index (Phi) is 4.40. The Balaban J connectivity index is 2.27. The summed E-state index contributed by atoms with van der Waals surface area (Å²) in [4.78, 5) is 0. The maximum absolute atomic E-state index is 10.6. The van der Waals surface area contributed by atoms with Crippen molar-refractivity contribution in [3.63, 3.8) is 0 Å². The summed E-state index contributed by atoms with van der Waals surface area (Å²) < 4.78 is 40.1. The summed E-state index contributed by atoms with van der Waals surface area (Å²) in [5.74, 6) is -0.994. The van der Waals surface area contributed by atoms with Gasteiger partial charge in [-0.2, -0.15) is 0 Å². The van der Waals surface area contributed by atoms with Gasteiger partial charge in [-0.05, 0) is 54.1 Å². The molecule has 0 aromatic heterocycles. The average molecular weight is 324 g/mol. The van der Waals surface area contributed by atoms with Crippen molar-refractivity contribution in [3.8, 4) is 5.75 Å². The highest BCUT2D eigenvalue weighted by molar-refractivity contribution is 5.41. The lowest BCUT2D eigenvalue weighted by Gasteiger charge is -2.29. The van der Waals surface area contributed by atoms with Crippen molar-refractivity contribution in [2.24, 2.45) is 0 Å². The van der Waals surface area contributed by atoms with Crippen LogP contribution in [0.15, 0.2) is 18.2 Å². The second-order valence-corrected chi connectivity index (χ2v) is 7.23. The van der Waals surface area contributed by atoms with Crippen LogP contribution in [-0.2, 0) is 5.41 Å². The van der Waals surface area contributed by atoms with E-state index < -0.39 is 24.7 Å². The van der Waals surface area contributed by atoms with E-state index in [-0.39, 0.29) is 24.0 Å². The van der Waals surface area contributed by atoms with Gasteiger partial charge in [-0.15, -0.1) is 0 Å². The van der Waals surface area contributed by atoms with Gasteiger partial charge in [0, 0.05) is 5.48 Å². The van der Waals surface area contributed by atoms with Crippen molar-refractivity contribution in [2.45, 2.75) is 95.9 Å². The van der Waals surface area contributed by atoms with Crippen LogP contribution in [0.4, 0.5) is 0 Å². The maximum Gasteiger partial charge on any atom is 0.119 e. The zero-order valence-electron chi connectivity index (χ0n) is 19.7. The monoisotopic (exact) mass is 323 g/mol. The molecule has 2 heteroatoms. The van der Waals surface area contributed by atoms with Crippen LogP contribution in [0.3, 0.4) is 0 Å². The fourth-order valence-corrected chi connectivity index (χ4v) is 3.25. The van der Waals surface area contributed by atoms with E-state index in [9.17, 15) is 10.2 Å². The van der Waals surface area contributed by atoms with Crippen LogP contribution < -0.4 is 0 Å². The van der Waals surface area contributed by atoms with Crippen molar-refractivity contribution >= 4 is 0 Å². The quantitative estimate of drug-likeness (QED) is 0.636. The third-order valence-electron chi connectivity index (χ3n) is 4.88. The summed E-state index contributed by atoms with van der Waals surface area (Å²) in [6.45, 7) is 6.43. The van der Waals surface area contributed by atoms with Gasteiger partial charge in [-0.3, -0.25) is 0 Å². The molecule has 0 amide bonds. The number of aromatic hydroxyl groups is 1. The fourth-order valence-electron chi connectivity index (χ4n) is 3.25. The third kappa shape index (κ3) is 4.97. The molecule has 1 aliphatic carbocycles. The Morgan fingerprint density at radius 3 is 2.78 bits per heavy atom. The maximum atomic E-state index is 10.6. The Bertz CT molecular complexity index is 685. The SMILES string of the molecule is [2H]C1([2H])CC[C@H](c2ccc(C(C)(C)CCCCCC)cc2O)C([2H])([2H])[C@]1([2H])O. The highest BCUT2D eigenvalue weighted by Gasteiger charge is 2.26. The minimum atomic E-state index is -2.88. The molecule has 1 fully saturated rings. The highest BCUT2D eigenvalue weighted by Crippen LogP contribution is 2.40. The summed E-state index contributed by atoms with van der Waals surface area (Å²) in [6, 6.07) is 5.23. The number of hydrogen-bond acceptors (Lipinski definition) is 2. The van der Waals surface area contributed by atoms with E-state index in [1.54, 1.807) is 12.1 Å². The van der Waals surface area contributed by atoms with Crippen molar-refractivity contribution in [1.82, 2.24) is 0 Å². The summed E-state index contributed by atoms with van der Waals surface area (Å²) in [5.41, 5.74) is 1.18. The van der Waals surface area contributed by atoms with Gasteiger partial charge in [0.15, 0.2) is 0 Å². The molecule has 0 unspecified atom stereocenters. The molecule has 2 atom stereocenters. The van der Waals surface area contributed by atoms with E-state index in [0.29, 0.717) is 5.56 Å². The number of aliphatic hydroxyl groups is 1. The van der Waals surface area contributed by atoms with E-state index in [1.165, 1.54) is 19.3 Å². The number of phenolic OH excluding ortho intramolecular Hbond substituents is 1. The van der Waals surface area contributed by atoms with Crippen molar-refractivity contribution in [2.75, 3.05) is 0 Å². The Morgan fingerprint density at radius 1 is 1.30 bits per heavy atom. The van der Waals surface area contributed by atoms with Crippen LogP contribution >= 0.6 is 0 Å². The molecule has 0 aliphatic heterocycles. The highest BCUT2D eigenvalue weighted by atomic mass is 16.3. The molecule has 2 N–H and O–H groups in total. The molecule has 0 heterocycles. The normalized spacial score (nSPS) is 33.0. The first-order chi connectivity index (χ1) is 12.8. The van der Waals surface area contributed by atoms with Crippen LogP contribution in [0.5, 0.6) is 5.75 Å². The topological polar surface area (TPSA) is 40.5 Å². The van der Waals surface area contributed by atoms with Gasteiger partial charge in [-0.1, -0.05) is 65.0 Å². The zero-order valence-corrected chi connectivity index (χ0v) is 14.7. The molecule has 1 aliphatic rings. The van der Waals surface area contributed by atoms with Gasteiger partial charge in [-0.25, -0.2) is 0 Å². The average Bonchev–Trinajstić information content (AvgIpc) is 2.58. The van der Waals surface area contributed by atoms with E-state index in [0.717, 1.165) is 18.4 Å². The molecule has 1 aromatic rings. The molecule has 0 radical (unpaired) electrons. The minimum absolute atomic E-state index is 0.0498. The summed E-state index contributed by atoms with van der Waals surface area (Å²) in [5, 5.41) is 21.0. The molecule has 130 valence electrons. The first-order valence-electron chi connectivity index (χ1n) is 11.3. The van der Waals surface area contributed by atoms with Crippen LogP contribution in [0, 0.1) is 0 Å². The summed E-state index contributed by atoms with van der Waals surface area (Å²) in [7, 11) is 0. The Morgan fingerprint density at radius 2 is 2.09 bits per heavy atom. The van der Waals surface area contributed by atoms with Crippen molar-refractivity contribution in [1.29, 1.82) is 0 Å². The molecule has 23 heavy (non-hydrogen) atoms. The third-order valence-corrected chi connectivity index (χ3v) is 4.88. The number of phenols is 1. The smallest absolute Gasteiger partial charge is 0.119 e. The number of rotatable bonds is 7. The molecular formula is C21H34O2. The molecule has 2 nitrogen and oxygen atoms in total. The lowest BCUT2D eigenvalue weighted by molar-refractivity contribution is 0.119. The first-order valence-corrected chi connectivity index (χ1v) is 8.84. The van der Waals surface area contributed by atoms with E-state index >= 15 is 0 Å². The largest absolute Gasteiger partial charge is 0.508 e. The molecule has 2 rings (SSSR count). The van der Waals surface area contributed by atoms with Crippen LogP contribution in [-0.4, -0.2) is 16.3 Å². The standard InChI is InChI=1S/C21H34O2/c1-4-5-6-7-13-21(2,3)17-11-12-19(20(23)15-17)16-9-8-10-18(22)14-16/h11-12,15-16,18,22-23H,4-10,13-14H2,1-3H3/t16-,18+/m0/s1/i10D2,14D2,18D. The van der Waals surface area contributed by atoms with Gasteiger partial charge in [0.05, 0.1) is 7.45 Å². The first kappa shape index (κ1) is 12.4. The van der Waals surface area contributed by atoms with Crippen LogP contribution in [0.2, 0.25) is 0 Å². The van der Waals surface area contributed by atoms with E-state index in [2.05, 4.69) is 20.8 Å². The van der Waals surface area contributed by atoms with Crippen molar-refractivity contribution in [3.05, 3.63) is 29.3 Å². The number of hydrogen-bond donors (Lipinski definition) is 2. The molecule has 0 spiro atoms. The Hall–Kier alpha value is -1.02. The predicted octanol–water partition coefficient (Wildman–Crippen LogP) is 5.66. The molecule has 1 saturated carbocycles. The number of unbranched alkanes of at least 4 members (excludes halogenated alkanes) is 3. The summed E-state index contributed by atoms with van der Waals surface area (Å²) >= 11 is 0. The molecule has 1 aromatic carbocycles. The van der Waals surface area contributed by atoms with E-state index in [1.807, 2.05) is 6.07 Å². The summed E-state index contributed by atoms with van der Waals surface area (Å²) in [6.07, 6.45) is -2.11. The molecular weight excluding hydrogens is 284 g/mol. The van der Waals surface area contributed by atoms with Gasteiger partial charge >= 0.3 is 0 Å². The number of benzene rings is 1. The lowest BCUT2D eigenvalue weighted by atomic mass is 9.77. The second kappa shape index (κ2) is 8.19. The lowest BCUT2D eigenvalue weighted by Crippen LogP contribution is -2.19. The predicted molar refractivity (Wildman–Crippen MR) is 97.1 cm³/mol. The van der Waals surface area contributed by atoms with Gasteiger partial charge < -0.3 is 10.2 Å².